The summed E-state index contributed by atoms with van der Waals surface area (Å²) in [6.07, 6.45) is 2.38. The molecule has 120 valence electrons. The van der Waals surface area contributed by atoms with Gasteiger partial charge in [-0.3, -0.25) is 9.59 Å². The number of amides is 1. The number of benzene rings is 1. The summed E-state index contributed by atoms with van der Waals surface area (Å²) < 4.78 is 0. The molecule has 0 bridgehead atoms. The zero-order valence-corrected chi connectivity index (χ0v) is 13.1. The molecule has 1 aliphatic carbocycles. The molecule has 4 rings (SSSR count). The van der Waals surface area contributed by atoms with E-state index in [0.717, 1.165) is 35.7 Å². The number of nitrogens with one attached hydrogen (secondary N) is 1. The Labute approximate surface area is 134 Å². The number of carbonyl (C=O) groups excluding carboxylic acids is 1. The van der Waals surface area contributed by atoms with Gasteiger partial charge in [0.1, 0.15) is 5.69 Å². The predicted octanol–water partition coefficient (Wildman–Crippen LogP) is 2.80. The Hall–Kier alpha value is -2.30. The number of carboxylic acid groups (broad SMARTS) is 1. The quantitative estimate of drug-likeness (QED) is 0.895. The van der Waals surface area contributed by atoms with E-state index < -0.39 is 5.97 Å². The predicted molar refractivity (Wildman–Crippen MR) is 86.3 cm³/mol. The lowest BCUT2D eigenvalue weighted by atomic mass is 9.90. The van der Waals surface area contributed by atoms with E-state index >= 15 is 0 Å². The summed E-state index contributed by atoms with van der Waals surface area (Å²) in [5.41, 5.74) is 2.72. The van der Waals surface area contributed by atoms with Gasteiger partial charge in [0.2, 0.25) is 0 Å². The number of nitrogens with zero attached hydrogens (tertiary/aromatic N) is 1. The number of aromatic nitrogens is 1. The summed E-state index contributed by atoms with van der Waals surface area (Å²) in [7, 11) is 0. The first-order valence-corrected chi connectivity index (χ1v) is 8.10. The Kier molecular flexibility index (Phi) is 3.01. The molecule has 1 atom stereocenters. The van der Waals surface area contributed by atoms with Gasteiger partial charge in [-0.05, 0) is 49.3 Å². The molecule has 23 heavy (non-hydrogen) atoms. The van der Waals surface area contributed by atoms with Gasteiger partial charge in [-0.25, -0.2) is 0 Å². The molecule has 1 saturated carbocycles. The maximum atomic E-state index is 12.7. The largest absolute Gasteiger partial charge is 0.481 e. The number of H-pyrrole nitrogens is 1. The summed E-state index contributed by atoms with van der Waals surface area (Å²) in [4.78, 5) is 28.9. The Morgan fingerprint density at radius 1 is 1.26 bits per heavy atom. The molecule has 1 unspecified atom stereocenters. The molecular formula is C18H20N2O3. The van der Waals surface area contributed by atoms with Gasteiger partial charge in [0.15, 0.2) is 0 Å². The molecule has 1 amide bonds. The van der Waals surface area contributed by atoms with Crippen LogP contribution in [0.2, 0.25) is 0 Å². The third kappa shape index (κ3) is 2.31. The molecule has 1 aromatic heterocycles. The minimum absolute atomic E-state index is 0.0150. The Morgan fingerprint density at radius 3 is 2.65 bits per heavy atom. The molecular weight excluding hydrogens is 292 g/mol. The monoisotopic (exact) mass is 312 g/mol. The van der Waals surface area contributed by atoms with Crippen LogP contribution in [0.5, 0.6) is 0 Å². The lowest BCUT2D eigenvalue weighted by Gasteiger charge is -2.32. The van der Waals surface area contributed by atoms with Crippen molar-refractivity contribution in [2.24, 2.45) is 11.3 Å². The Morgan fingerprint density at radius 2 is 2.00 bits per heavy atom. The molecule has 2 aromatic rings. The maximum Gasteiger partial charge on any atom is 0.307 e. The van der Waals surface area contributed by atoms with E-state index in [2.05, 4.69) is 4.98 Å². The van der Waals surface area contributed by atoms with E-state index in [1.807, 2.05) is 36.1 Å². The minimum Gasteiger partial charge on any atom is -0.481 e. The molecule has 2 N–H and O–H groups in total. The van der Waals surface area contributed by atoms with E-state index in [0.29, 0.717) is 18.8 Å². The number of hydrogen-bond acceptors (Lipinski definition) is 2. The van der Waals surface area contributed by atoms with Gasteiger partial charge in [-0.15, -0.1) is 0 Å². The van der Waals surface area contributed by atoms with Crippen molar-refractivity contribution in [1.29, 1.82) is 0 Å². The van der Waals surface area contributed by atoms with Gasteiger partial charge in [-0.2, -0.15) is 0 Å². The second-order valence-corrected chi connectivity index (χ2v) is 7.02. The average Bonchev–Trinajstić information content (AvgIpc) is 3.06. The zero-order chi connectivity index (χ0) is 16.2. The van der Waals surface area contributed by atoms with E-state index in [9.17, 15) is 9.59 Å². The van der Waals surface area contributed by atoms with Crippen molar-refractivity contribution in [3.8, 4) is 0 Å². The number of piperidine rings is 1. The first-order valence-electron chi connectivity index (χ1n) is 8.10. The van der Waals surface area contributed by atoms with E-state index in [4.69, 9.17) is 5.11 Å². The van der Waals surface area contributed by atoms with E-state index in [-0.39, 0.29) is 17.2 Å². The molecule has 0 radical (unpaired) electrons. The van der Waals surface area contributed by atoms with Crippen LogP contribution in [0.25, 0.3) is 10.9 Å². The van der Waals surface area contributed by atoms with Crippen LogP contribution < -0.4 is 0 Å². The normalized spacial score (nSPS) is 22.5. The van der Waals surface area contributed by atoms with Crippen molar-refractivity contribution in [3.63, 3.8) is 0 Å². The van der Waals surface area contributed by atoms with Crippen LogP contribution in [0.3, 0.4) is 0 Å². The first-order chi connectivity index (χ1) is 11.0. The van der Waals surface area contributed by atoms with Gasteiger partial charge in [0.25, 0.3) is 5.91 Å². The minimum atomic E-state index is -0.684. The lowest BCUT2D eigenvalue weighted by molar-refractivity contribution is -0.139. The Bertz CT molecular complexity index is 800. The van der Waals surface area contributed by atoms with Crippen molar-refractivity contribution in [1.82, 2.24) is 9.88 Å². The zero-order valence-electron chi connectivity index (χ0n) is 13.1. The molecule has 5 heteroatoms. The molecule has 2 heterocycles. The van der Waals surface area contributed by atoms with Crippen LogP contribution in [0.1, 0.15) is 35.3 Å². The fourth-order valence-electron chi connectivity index (χ4n) is 3.93. The second kappa shape index (κ2) is 4.85. The van der Waals surface area contributed by atoms with Crippen molar-refractivity contribution in [2.75, 3.05) is 13.1 Å². The summed E-state index contributed by atoms with van der Waals surface area (Å²) >= 11 is 0. The van der Waals surface area contributed by atoms with Crippen LogP contribution in [-0.2, 0) is 4.79 Å². The molecule has 2 fully saturated rings. The van der Waals surface area contributed by atoms with Gasteiger partial charge in [0, 0.05) is 24.0 Å². The lowest BCUT2D eigenvalue weighted by Crippen LogP contribution is -2.40. The van der Waals surface area contributed by atoms with Crippen LogP contribution in [0.15, 0.2) is 24.3 Å². The van der Waals surface area contributed by atoms with Gasteiger partial charge in [-0.1, -0.05) is 12.1 Å². The highest BCUT2D eigenvalue weighted by molar-refractivity contribution is 5.98. The third-order valence-electron chi connectivity index (χ3n) is 5.54. The summed E-state index contributed by atoms with van der Waals surface area (Å²) in [6, 6.07) is 8.00. The van der Waals surface area contributed by atoms with E-state index in [1.165, 1.54) is 0 Å². The van der Waals surface area contributed by atoms with Crippen molar-refractivity contribution in [3.05, 3.63) is 35.5 Å². The topological polar surface area (TPSA) is 73.4 Å². The van der Waals surface area contributed by atoms with Crippen LogP contribution in [0, 0.1) is 18.3 Å². The standard InChI is InChI=1S/C18H20N2O3/c1-11-2-3-12-9-15(19-14(12)8-11)16(21)20-6-4-18(5-7-20)10-13(18)17(22)23/h2-3,8-9,13,19H,4-7,10H2,1H3,(H,22,23). The number of carbonyl (C=O) groups is 2. The van der Waals surface area contributed by atoms with Gasteiger partial charge >= 0.3 is 5.97 Å². The molecule has 5 nitrogen and oxygen atoms in total. The number of fused-ring (bicyclic) bond motifs is 1. The summed E-state index contributed by atoms with van der Waals surface area (Å²) in [5, 5.41) is 10.2. The highest BCUT2D eigenvalue weighted by Gasteiger charge is 2.59. The van der Waals surface area contributed by atoms with Crippen molar-refractivity contribution < 1.29 is 14.7 Å². The van der Waals surface area contributed by atoms with Gasteiger partial charge < -0.3 is 15.0 Å². The highest BCUT2D eigenvalue weighted by atomic mass is 16.4. The SMILES string of the molecule is Cc1ccc2cc(C(=O)N3CCC4(CC3)CC4C(=O)O)[nH]c2c1. The number of aryl methyl sites for hydroxylation is 1. The number of aromatic amines is 1. The summed E-state index contributed by atoms with van der Waals surface area (Å²) in [5.74, 6) is -0.868. The van der Waals surface area contributed by atoms with Crippen molar-refractivity contribution >= 4 is 22.8 Å². The smallest absolute Gasteiger partial charge is 0.307 e. The highest BCUT2D eigenvalue weighted by Crippen LogP contribution is 2.59. The van der Waals surface area contributed by atoms with E-state index in [1.54, 1.807) is 0 Å². The number of hydrogen-bond donors (Lipinski definition) is 2. The number of rotatable bonds is 2. The van der Waals surface area contributed by atoms with Crippen molar-refractivity contribution in [2.45, 2.75) is 26.2 Å². The fourth-order valence-corrected chi connectivity index (χ4v) is 3.93. The first kappa shape index (κ1) is 14.3. The number of likely N-dealkylation sites (tertiary alicyclic amines) is 1. The second-order valence-electron chi connectivity index (χ2n) is 7.02. The molecule has 1 saturated heterocycles. The average molecular weight is 312 g/mol. The Balaban J connectivity index is 1.48. The number of aliphatic carboxylic acids is 1. The van der Waals surface area contributed by atoms with Gasteiger partial charge in [0.05, 0.1) is 5.92 Å². The molecule has 1 aromatic carbocycles. The summed E-state index contributed by atoms with van der Waals surface area (Å²) in [6.45, 7) is 3.33. The van der Waals surface area contributed by atoms with Crippen LogP contribution in [-0.4, -0.2) is 40.0 Å². The molecule has 1 aliphatic heterocycles. The maximum absolute atomic E-state index is 12.7. The third-order valence-corrected chi connectivity index (χ3v) is 5.54. The number of carboxylic acids is 1. The van der Waals surface area contributed by atoms with Crippen LogP contribution >= 0.6 is 0 Å². The fraction of sp³-hybridized carbons (Fsp3) is 0.444. The molecule has 1 spiro atoms. The van der Waals surface area contributed by atoms with Crippen LogP contribution in [0.4, 0.5) is 0 Å². The molecule has 2 aliphatic rings.